The number of ether oxygens (including phenoxy) is 2. The van der Waals surface area contributed by atoms with E-state index in [0.717, 1.165) is 19.5 Å². The van der Waals surface area contributed by atoms with Crippen molar-refractivity contribution in [2.24, 2.45) is 11.8 Å². The van der Waals surface area contributed by atoms with Gasteiger partial charge in [0.2, 0.25) is 0 Å². The van der Waals surface area contributed by atoms with Crippen molar-refractivity contribution in [1.82, 2.24) is 4.90 Å². The lowest BCUT2D eigenvalue weighted by atomic mass is 9.76. The maximum Gasteiger partial charge on any atom is 0.508 e. The Balaban J connectivity index is 1.79. The number of carbonyl (C=O) groups excluding carboxylic acids is 1. The van der Waals surface area contributed by atoms with Crippen LogP contribution < -0.4 is 0 Å². The van der Waals surface area contributed by atoms with Crippen LogP contribution in [0.1, 0.15) is 33.6 Å². The zero-order chi connectivity index (χ0) is 14.0. The van der Waals surface area contributed by atoms with Gasteiger partial charge in [-0.2, -0.15) is 0 Å². The second-order valence-electron chi connectivity index (χ2n) is 6.61. The molecule has 0 aromatic carbocycles. The number of fused-ring (bicyclic) bond motifs is 3. The van der Waals surface area contributed by atoms with E-state index in [9.17, 15) is 4.79 Å². The molecule has 2 bridgehead atoms. The van der Waals surface area contributed by atoms with Gasteiger partial charge < -0.3 is 9.47 Å². The molecule has 0 radical (unpaired) electrons. The lowest BCUT2D eigenvalue weighted by molar-refractivity contribution is -0.0442. The Morgan fingerprint density at radius 2 is 2.21 bits per heavy atom. The highest BCUT2D eigenvalue weighted by atomic mass is 16.7. The molecule has 4 atom stereocenters. The molecule has 3 aliphatic rings. The standard InChI is InChI=1S/C15H25NO3/c1-5-11-9-16-7-6-12(11)8-13(16)10-18-14(17)19-15(2,3)4/h5,11-13H,1,6-10H2,2-4H3. The highest BCUT2D eigenvalue weighted by molar-refractivity contribution is 5.60. The molecule has 3 rings (SSSR count). The fraction of sp³-hybridized carbons (Fsp3) is 0.800. The smallest absolute Gasteiger partial charge is 0.433 e. The molecule has 3 aliphatic heterocycles. The van der Waals surface area contributed by atoms with Gasteiger partial charge in [0.15, 0.2) is 0 Å². The van der Waals surface area contributed by atoms with Crippen molar-refractivity contribution in [2.45, 2.75) is 45.3 Å². The Hall–Kier alpha value is -1.03. The van der Waals surface area contributed by atoms with Crippen LogP contribution in [-0.2, 0) is 9.47 Å². The summed E-state index contributed by atoms with van der Waals surface area (Å²) in [6.07, 6.45) is 3.84. The van der Waals surface area contributed by atoms with Gasteiger partial charge in [-0.25, -0.2) is 4.79 Å². The number of hydrogen-bond acceptors (Lipinski definition) is 4. The average molecular weight is 267 g/mol. The van der Waals surface area contributed by atoms with Crippen molar-refractivity contribution in [3.8, 4) is 0 Å². The monoisotopic (exact) mass is 267 g/mol. The summed E-state index contributed by atoms with van der Waals surface area (Å²) in [5.74, 6) is 1.31. The molecule has 0 spiro atoms. The van der Waals surface area contributed by atoms with E-state index in [0.29, 0.717) is 24.5 Å². The molecule has 19 heavy (non-hydrogen) atoms. The Kier molecular flexibility index (Phi) is 4.19. The number of rotatable bonds is 3. The fourth-order valence-corrected chi connectivity index (χ4v) is 3.06. The van der Waals surface area contributed by atoms with E-state index in [1.54, 1.807) is 0 Å². The molecule has 108 valence electrons. The second-order valence-corrected chi connectivity index (χ2v) is 6.61. The topological polar surface area (TPSA) is 38.8 Å². The zero-order valence-corrected chi connectivity index (χ0v) is 12.2. The minimum atomic E-state index is -0.560. The first-order chi connectivity index (χ1) is 8.89. The maximum absolute atomic E-state index is 11.5. The fourth-order valence-electron chi connectivity index (χ4n) is 3.06. The molecular weight excluding hydrogens is 242 g/mol. The SMILES string of the molecule is C=CC1CN2CCC1CC2COC(=O)OC(C)(C)C. The van der Waals surface area contributed by atoms with Gasteiger partial charge in [0.1, 0.15) is 12.2 Å². The number of carbonyl (C=O) groups is 1. The van der Waals surface area contributed by atoms with Gasteiger partial charge in [-0.1, -0.05) is 6.08 Å². The number of nitrogens with zero attached hydrogens (tertiary/aromatic N) is 1. The summed E-state index contributed by atoms with van der Waals surface area (Å²) in [6.45, 7) is 12.0. The van der Waals surface area contributed by atoms with Crippen LogP contribution in [-0.4, -0.2) is 42.4 Å². The van der Waals surface area contributed by atoms with E-state index in [1.807, 2.05) is 20.8 Å². The minimum Gasteiger partial charge on any atom is -0.433 e. The summed E-state index contributed by atoms with van der Waals surface area (Å²) in [4.78, 5) is 14.0. The maximum atomic E-state index is 11.5. The van der Waals surface area contributed by atoms with E-state index < -0.39 is 11.8 Å². The third-order valence-corrected chi connectivity index (χ3v) is 4.01. The van der Waals surface area contributed by atoms with E-state index in [4.69, 9.17) is 9.47 Å². The molecule has 0 aliphatic carbocycles. The summed E-state index contributed by atoms with van der Waals surface area (Å²) in [5.41, 5.74) is -0.489. The molecule has 0 aromatic heterocycles. The summed E-state index contributed by atoms with van der Waals surface area (Å²) < 4.78 is 10.4. The number of hydrogen-bond donors (Lipinski definition) is 0. The van der Waals surface area contributed by atoms with Crippen molar-refractivity contribution < 1.29 is 14.3 Å². The van der Waals surface area contributed by atoms with Gasteiger partial charge >= 0.3 is 6.16 Å². The first-order valence-electron chi connectivity index (χ1n) is 7.11. The predicted molar refractivity (Wildman–Crippen MR) is 74.0 cm³/mol. The second kappa shape index (κ2) is 5.53. The van der Waals surface area contributed by atoms with Crippen LogP contribution in [0.3, 0.4) is 0 Å². The molecule has 4 nitrogen and oxygen atoms in total. The summed E-state index contributed by atoms with van der Waals surface area (Å²) in [7, 11) is 0. The Bertz CT molecular complexity index is 348. The molecule has 3 fully saturated rings. The highest BCUT2D eigenvalue weighted by Crippen LogP contribution is 2.36. The lowest BCUT2D eigenvalue weighted by Gasteiger charge is -2.48. The molecule has 0 saturated carbocycles. The summed E-state index contributed by atoms with van der Waals surface area (Å²) >= 11 is 0. The largest absolute Gasteiger partial charge is 0.508 e. The third-order valence-electron chi connectivity index (χ3n) is 4.01. The highest BCUT2D eigenvalue weighted by Gasteiger charge is 2.39. The van der Waals surface area contributed by atoms with Crippen LogP contribution in [0, 0.1) is 11.8 Å². The minimum absolute atomic E-state index is 0.350. The molecule has 4 heteroatoms. The van der Waals surface area contributed by atoms with Crippen LogP contribution in [0.2, 0.25) is 0 Å². The molecule has 3 heterocycles. The van der Waals surface area contributed by atoms with Gasteiger partial charge in [-0.3, -0.25) is 4.90 Å². The van der Waals surface area contributed by atoms with E-state index in [1.165, 1.54) is 6.42 Å². The molecule has 3 saturated heterocycles. The van der Waals surface area contributed by atoms with Crippen LogP contribution >= 0.6 is 0 Å². The van der Waals surface area contributed by atoms with E-state index >= 15 is 0 Å². The zero-order valence-electron chi connectivity index (χ0n) is 12.2. The van der Waals surface area contributed by atoms with Gasteiger partial charge in [-0.05, 0) is 52.0 Å². The summed E-state index contributed by atoms with van der Waals surface area (Å²) in [5, 5.41) is 0. The molecule has 0 N–H and O–H groups in total. The van der Waals surface area contributed by atoms with Crippen molar-refractivity contribution in [3.05, 3.63) is 12.7 Å². The number of piperidine rings is 3. The predicted octanol–water partition coefficient (Wildman–Crippen LogP) is 2.83. The van der Waals surface area contributed by atoms with Crippen LogP contribution in [0.25, 0.3) is 0 Å². The lowest BCUT2D eigenvalue weighted by Crippen LogP contribution is -2.54. The molecule has 4 unspecified atom stereocenters. The van der Waals surface area contributed by atoms with Crippen molar-refractivity contribution in [1.29, 1.82) is 0 Å². The third kappa shape index (κ3) is 3.72. The average Bonchev–Trinajstić information content (AvgIpc) is 2.35. The first-order valence-corrected chi connectivity index (χ1v) is 7.11. The summed E-state index contributed by atoms with van der Waals surface area (Å²) in [6, 6.07) is 0.350. The van der Waals surface area contributed by atoms with E-state index in [2.05, 4.69) is 17.6 Å². The van der Waals surface area contributed by atoms with Gasteiger partial charge in [-0.15, -0.1) is 6.58 Å². The Morgan fingerprint density at radius 3 is 2.74 bits per heavy atom. The molecular formula is C15H25NO3. The van der Waals surface area contributed by atoms with Gasteiger partial charge in [0.05, 0.1) is 0 Å². The van der Waals surface area contributed by atoms with Crippen molar-refractivity contribution in [2.75, 3.05) is 19.7 Å². The van der Waals surface area contributed by atoms with Gasteiger partial charge in [0.25, 0.3) is 0 Å². The van der Waals surface area contributed by atoms with Crippen LogP contribution in [0.15, 0.2) is 12.7 Å². The van der Waals surface area contributed by atoms with Gasteiger partial charge in [0, 0.05) is 12.6 Å². The quantitative estimate of drug-likeness (QED) is 0.582. The first kappa shape index (κ1) is 14.4. The van der Waals surface area contributed by atoms with Crippen molar-refractivity contribution >= 4 is 6.16 Å². The Labute approximate surface area is 115 Å². The van der Waals surface area contributed by atoms with Crippen LogP contribution in [0.4, 0.5) is 4.79 Å². The normalized spacial score (nSPS) is 33.8. The Morgan fingerprint density at radius 1 is 1.47 bits per heavy atom. The van der Waals surface area contributed by atoms with Crippen LogP contribution in [0.5, 0.6) is 0 Å². The molecule has 0 amide bonds. The van der Waals surface area contributed by atoms with Crippen molar-refractivity contribution in [3.63, 3.8) is 0 Å². The van der Waals surface area contributed by atoms with E-state index in [-0.39, 0.29) is 0 Å². The molecule has 0 aromatic rings.